The monoisotopic (exact) mass is 290 g/mol. The maximum Gasteiger partial charge on any atom is 0.253 e. The fraction of sp³-hybridized carbons (Fsp3) is 0.500. The number of nitrogens with zero attached hydrogens (tertiary/aromatic N) is 1. The summed E-state index contributed by atoms with van der Waals surface area (Å²) in [6.45, 7) is 0. The van der Waals surface area contributed by atoms with Gasteiger partial charge in [-0.1, -0.05) is 43.6 Å². The summed E-state index contributed by atoms with van der Waals surface area (Å²) in [6, 6.07) is 8.00. The number of hydrogen-bond donors (Lipinski definition) is 1. The first-order valence-corrected chi connectivity index (χ1v) is 7.63. The second-order valence-electron chi connectivity index (χ2n) is 5.55. The smallest absolute Gasteiger partial charge is 0.253 e. The van der Waals surface area contributed by atoms with Crippen molar-refractivity contribution in [2.75, 3.05) is 7.05 Å². The minimum atomic E-state index is 0.110. The van der Waals surface area contributed by atoms with E-state index in [1.807, 2.05) is 36.2 Å². The summed E-state index contributed by atoms with van der Waals surface area (Å²) in [5.74, 6) is 0.110. The van der Waals surface area contributed by atoms with Crippen LogP contribution in [0.2, 0.25) is 0 Å². The molecule has 20 heavy (non-hydrogen) atoms. The maximum absolute atomic E-state index is 12.5. The quantitative estimate of drug-likeness (QED) is 0.867. The van der Waals surface area contributed by atoms with E-state index in [0.717, 1.165) is 24.0 Å². The van der Waals surface area contributed by atoms with E-state index in [0.29, 0.717) is 17.5 Å². The zero-order chi connectivity index (χ0) is 14.5. The molecule has 0 spiro atoms. The SMILES string of the molecule is CN(C(=O)c1ccc(CC(N)=S)cc1)C1CCCCC1. The highest BCUT2D eigenvalue weighted by atomic mass is 32.1. The molecular formula is C16H22N2OS. The molecule has 0 aliphatic heterocycles. The van der Waals surface area contributed by atoms with Gasteiger partial charge in [-0.2, -0.15) is 0 Å². The first-order chi connectivity index (χ1) is 9.58. The summed E-state index contributed by atoms with van der Waals surface area (Å²) in [4.78, 5) is 14.8. The molecule has 4 heteroatoms. The Morgan fingerprint density at radius 2 is 1.85 bits per heavy atom. The van der Waals surface area contributed by atoms with Gasteiger partial charge in [0, 0.05) is 25.1 Å². The predicted octanol–water partition coefficient (Wildman–Crippen LogP) is 2.92. The van der Waals surface area contributed by atoms with E-state index in [4.69, 9.17) is 18.0 Å². The summed E-state index contributed by atoms with van der Waals surface area (Å²) in [7, 11) is 1.92. The predicted molar refractivity (Wildman–Crippen MR) is 85.9 cm³/mol. The van der Waals surface area contributed by atoms with E-state index < -0.39 is 0 Å². The molecule has 0 atom stereocenters. The molecular weight excluding hydrogens is 268 g/mol. The molecule has 1 aromatic rings. The Morgan fingerprint density at radius 1 is 1.25 bits per heavy atom. The maximum atomic E-state index is 12.5. The third-order valence-corrected chi connectivity index (χ3v) is 4.17. The third-order valence-electron chi connectivity index (χ3n) is 4.02. The Hall–Kier alpha value is -1.42. The average molecular weight is 290 g/mol. The molecule has 1 aromatic carbocycles. The average Bonchev–Trinajstić information content (AvgIpc) is 2.47. The normalized spacial score (nSPS) is 15.8. The van der Waals surface area contributed by atoms with Crippen LogP contribution in [-0.2, 0) is 6.42 Å². The number of carbonyl (C=O) groups excluding carboxylic acids is 1. The molecule has 0 bridgehead atoms. The summed E-state index contributed by atoms with van der Waals surface area (Å²) in [6.07, 6.45) is 6.60. The minimum Gasteiger partial charge on any atom is -0.393 e. The lowest BCUT2D eigenvalue weighted by Gasteiger charge is -2.31. The molecule has 0 radical (unpaired) electrons. The molecule has 1 amide bonds. The first-order valence-electron chi connectivity index (χ1n) is 7.22. The molecule has 2 rings (SSSR count). The number of amides is 1. The first kappa shape index (κ1) is 15.0. The fourth-order valence-corrected chi connectivity index (χ4v) is 2.97. The lowest BCUT2D eigenvalue weighted by molar-refractivity contribution is 0.0696. The highest BCUT2D eigenvalue weighted by molar-refractivity contribution is 7.80. The molecule has 1 saturated carbocycles. The molecule has 3 nitrogen and oxygen atoms in total. The van der Waals surface area contributed by atoms with Gasteiger partial charge in [0.25, 0.3) is 5.91 Å². The Kier molecular flexibility index (Phi) is 5.12. The molecule has 1 aliphatic carbocycles. The van der Waals surface area contributed by atoms with Gasteiger partial charge in [0.15, 0.2) is 0 Å². The van der Waals surface area contributed by atoms with Crippen LogP contribution in [0.15, 0.2) is 24.3 Å². The lowest BCUT2D eigenvalue weighted by atomic mass is 9.94. The Labute approximate surface area is 126 Å². The van der Waals surface area contributed by atoms with E-state index in [9.17, 15) is 4.79 Å². The van der Waals surface area contributed by atoms with Gasteiger partial charge in [0.2, 0.25) is 0 Å². The molecule has 0 unspecified atom stereocenters. The molecule has 0 heterocycles. The summed E-state index contributed by atoms with van der Waals surface area (Å²) < 4.78 is 0. The van der Waals surface area contributed by atoms with Crippen molar-refractivity contribution in [3.63, 3.8) is 0 Å². The van der Waals surface area contributed by atoms with Gasteiger partial charge >= 0.3 is 0 Å². The highest BCUT2D eigenvalue weighted by Gasteiger charge is 2.22. The van der Waals surface area contributed by atoms with Crippen LogP contribution in [0.25, 0.3) is 0 Å². The van der Waals surface area contributed by atoms with Gasteiger partial charge in [-0.15, -0.1) is 0 Å². The zero-order valence-corrected chi connectivity index (χ0v) is 12.8. The number of thiocarbonyl (C=S) groups is 1. The highest BCUT2D eigenvalue weighted by Crippen LogP contribution is 2.23. The van der Waals surface area contributed by atoms with Crippen LogP contribution in [0.3, 0.4) is 0 Å². The summed E-state index contributed by atoms with van der Waals surface area (Å²) >= 11 is 4.89. The molecule has 0 saturated heterocycles. The van der Waals surface area contributed by atoms with Crippen LogP contribution in [0.5, 0.6) is 0 Å². The molecule has 0 aromatic heterocycles. The van der Waals surface area contributed by atoms with Crippen molar-refractivity contribution in [1.29, 1.82) is 0 Å². The van der Waals surface area contributed by atoms with Crippen LogP contribution in [-0.4, -0.2) is 28.9 Å². The second-order valence-corrected chi connectivity index (χ2v) is 6.07. The molecule has 108 valence electrons. The van der Waals surface area contributed by atoms with Crippen molar-refractivity contribution in [2.24, 2.45) is 5.73 Å². The lowest BCUT2D eigenvalue weighted by Crippen LogP contribution is -2.38. The topological polar surface area (TPSA) is 46.3 Å². The third kappa shape index (κ3) is 3.79. The van der Waals surface area contributed by atoms with Crippen molar-refractivity contribution in [2.45, 2.75) is 44.6 Å². The summed E-state index contributed by atoms with van der Waals surface area (Å²) in [5, 5.41) is 0. The Bertz CT molecular complexity index is 478. The van der Waals surface area contributed by atoms with Gasteiger partial charge in [-0.3, -0.25) is 4.79 Å². The van der Waals surface area contributed by atoms with Crippen molar-refractivity contribution in [1.82, 2.24) is 4.90 Å². The van der Waals surface area contributed by atoms with Crippen LogP contribution in [0.1, 0.15) is 48.0 Å². The van der Waals surface area contributed by atoms with Crippen molar-refractivity contribution < 1.29 is 4.79 Å². The van der Waals surface area contributed by atoms with Crippen molar-refractivity contribution in [3.05, 3.63) is 35.4 Å². The number of rotatable bonds is 4. The van der Waals surface area contributed by atoms with Crippen LogP contribution in [0, 0.1) is 0 Å². The Morgan fingerprint density at radius 3 is 2.40 bits per heavy atom. The van der Waals surface area contributed by atoms with Gasteiger partial charge < -0.3 is 10.6 Å². The number of hydrogen-bond acceptors (Lipinski definition) is 2. The minimum absolute atomic E-state index is 0.110. The van der Waals surface area contributed by atoms with Gasteiger partial charge in [-0.05, 0) is 30.5 Å². The van der Waals surface area contributed by atoms with Crippen molar-refractivity contribution in [3.8, 4) is 0 Å². The largest absolute Gasteiger partial charge is 0.393 e. The van der Waals surface area contributed by atoms with Gasteiger partial charge in [0.05, 0.1) is 4.99 Å². The summed E-state index contributed by atoms with van der Waals surface area (Å²) in [5.41, 5.74) is 7.32. The number of nitrogens with two attached hydrogens (primary N) is 1. The van der Waals surface area contributed by atoms with E-state index >= 15 is 0 Å². The second kappa shape index (κ2) is 6.84. The van der Waals surface area contributed by atoms with Gasteiger partial charge in [0.1, 0.15) is 0 Å². The van der Waals surface area contributed by atoms with E-state index in [1.165, 1.54) is 19.3 Å². The molecule has 1 fully saturated rings. The fourth-order valence-electron chi connectivity index (χ4n) is 2.80. The molecule has 2 N–H and O–H groups in total. The van der Waals surface area contributed by atoms with Crippen LogP contribution < -0.4 is 5.73 Å². The standard InChI is InChI=1S/C16H22N2OS/c1-18(14-5-3-2-4-6-14)16(19)13-9-7-12(8-10-13)11-15(17)20/h7-10,14H,2-6,11H2,1H3,(H2,17,20). The van der Waals surface area contributed by atoms with E-state index in [-0.39, 0.29) is 5.91 Å². The van der Waals surface area contributed by atoms with Gasteiger partial charge in [-0.25, -0.2) is 0 Å². The van der Waals surface area contributed by atoms with E-state index in [1.54, 1.807) is 0 Å². The van der Waals surface area contributed by atoms with Crippen LogP contribution in [0.4, 0.5) is 0 Å². The van der Waals surface area contributed by atoms with Crippen LogP contribution >= 0.6 is 12.2 Å². The van der Waals surface area contributed by atoms with E-state index in [2.05, 4.69) is 0 Å². The number of carbonyl (C=O) groups is 1. The Balaban J connectivity index is 2.02. The number of benzene rings is 1. The molecule has 1 aliphatic rings. The zero-order valence-electron chi connectivity index (χ0n) is 12.0. The van der Waals surface area contributed by atoms with Crippen molar-refractivity contribution >= 4 is 23.1 Å².